The number of allylic oxidation sites excluding steroid dienone is 1. The quantitative estimate of drug-likeness (QED) is 0.129. The molecule has 6 heteroatoms. The Balaban J connectivity index is 0.794. The van der Waals surface area contributed by atoms with Gasteiger partial charge in [-0.1, -0.05) is 152 Å². The van der Waals surface area contributed by atoms with Crippen LogP contribution in [0.25, 0.3) is 133 Å². The first-order valence-corrected chi connectivity index (χ1v) is 29.6. The lowest BCUT2D eigenvalue weighted by Crippen LogP contribution is -2.09. The van der Waals surface area contributed by atoms with Crippen LogP contribution in [0.5, 0.6) is 0 Å². The Morgan fingerprint density at radius 1 is 0.345 bits per heavy atom. The van der Waals surface area contributed by atoms with Crippen molar-refractivity contribution >= 4 is 144 Å². The summed E-state index contributed by atoms with van der Waals surface area (Å²) in [5.41, 5.74) is 19.4. The smallest absolute Gasteiger partial charge is 0.147 e. The molecule has 0 aliphatic carbocycles. The van der Waals surface area contributed by atoms with Crippen molar-refractivity contribution in [3.63, 3.8) is 0 Å². The lowest BCUT2D eigenvalue weighted by atomic mass is 9.97. The molecule has 17 rings (SSSR count). The summed E-state index contributed by atoms with van der Waals surface area (Å²) >= 11 is 0. The fourth-order valence-corrected chi connectivity index (χ4v) is 13.6. The number of nitrogens with zero attached hydrogens (tertiary/aromatic N) is 4. The van der Waals surface area contributed by atoms with Gasteiger partial charge in [-0.05, 0) is 186 Å². The monoisotopic (exact) mass is 1110 g/mol. The SMILES string of the molecule is C=Cc1c(/C=C\C)n(-c2ccccc2)c2ccc(N(c3ccccc3)c3ccc4cc5c(cc4c3)oc3c(-c4ccccc4)c4oc6cc7cc(N(c8ccccc8)c8ccc9c(c8)c8ccccc8n9-c8ccccc8)ccc7cc6c4cc35)cc12. The van der Waals surface area contributed by atoms with E-state index in [1.54, 1.807) is 0 Å². The first kappa shape index (κ1) is 50.0. The van der Waals surface area contributed by atoms with Crippen LogP contribution in [0.2, 0.25) is 0 Å². The summed E-state index contributed by atoms with van der Waals surface area (Å²) in [5, 5.41) is 12.1. The van der Waals surface area contributed by atoms with Gasteiger partial charge in [-0.25, -0.2) is 0 Å². The molecule has 0 radical (unpaired) electrons. The van der Waals surface area contributed by atoms with Gasteiger partial charge in [0.05, 0.1) is 27.8 Å². The first-order chi connectivity index (χ1) is 43.0. The van der Waals surface area contributed by atoms with Gasteiger partial charge in [0.2, 0.25) is 0 Å². The van der Waals surface area contributed by atoms with Crippen LogP contribution < -0.4 is 9.80 Å². The van der Waals surface area contributed by atoms with E-state index in [1.807, 2.05) is 6.08 Å². The number of aromatic nitrogens is 2. The van der Waals surface area contributed by atoms with Crippen molar-refractivity contribution < 1.29 is 8.83 Å². The molecule has 0 saturated heterocycles. The van der Waals surface area contributed by atoms with Crippen molar-refractivity contribution in [2.45, 2.75) is 6.92 Å². The first-order valence-electron chi connectivity index (χ1n) is 29.6. The van der Waals surface area contributed by atoms with Gasteiger partial charge in [0.15, 0.2) is 0 Å². The van der Waals surface area contributed by atoms with Crippen LogP contribution >= 0.6 is 0 Å². The molecular weight excluding hydrogens is 1060 g/mol. The minimum Gasteiger partial charge on any atom is -0.455 e. The summed E-state index contributed by atoms with van der Waals surface area (Å²) in [6, 6.07) is 100. The van der Waals surface area contributed by atoms with Crippen molar-refractivity contribution in [1.29, 1.82) is 0 Å². The molecule has 0 amide bonds. The molecule has 17 aromatic rings. The van der Waals surface area contributed by atoms with Crippen molar-refractivity contribution in [3.05, 3.63) is 303 Å². The average molecular weight is 1120 g/mol. The Kier molecular flexibility index (Phi) is 11.5. The Hall–Kier alpha value is -11.6. The minimum atomic E-state index is 0.796. The third kappa shape index (κ3) is 8.03. The van der Waals surface area contributed by atoms with E-state index in [-0.39, 0.29) is 0 Å². The van der Waals surface area contributed by atoms with Crippen molar-refractivity contribution in [2.24, 2.45) is 0 Å². The van der Waals surface area contributed by atoms with E-state index in [2.05, 4.69) is 324 Å². The summed E-state index contributed by atoms with van der Waals surface area (Å²) in [5.74, 6) is 0. The largest absolute Gasteiger partial charge is 0.455 e. The number of hydrogen-bond acceptors (Lipinski definition) is 4. The third-order valence-corrected chi connectivity index (χ3v) is 17.4. The molecule has 13 aromatic carbocycles. The van der Waals surface area contributed by atoms with Gasteiger partial charge in [0, 0.05) is 88.8 Å². The van der Waals surface area contributed by atoms with Gasteiger partial charge in [0.25, 0.3) is 0 Å². The van der Waals surface area contributed by atoms with Crippen molar-refractivity contribution in [2.75, 3.05) is 9.80 Å². The number of benzene rings is 13. The zero-order valence-electron chi connectivity index (χ0n) is 47.6. The molecule has 6 nitrogen and oxygen atoms in total. The summed E-state index contributed by atoms with van der Waals surface area (Å²) in [6.07, 6.45) is 6.26. The summed E-state index contributed by atoms with van der Waals surface area (Å²) in [7, 11) is 0. The van der Waals surface area contributed by atoms with Crippen LogP contribution in [-0.2, 0) is 0 Å². The fourth-order valence-electron chi connectivity index (χ4n) is 13.6. The highest BCUT2D eigenvalue weighted by atomic mass is 16.3. The number of furan rings is 2. The number of anilines is 6. The highest BCUT2D eigenvalue weighted by Crippen LogP contribution is 2.48. The van der Waals surface area contributed by atoms with E-state index in [0.29, 0.717) is 0 Å². The molecule has 0 N–H and O–H groups in total. The maximum Gasteiger partial charge on any atom is 0.147 e. The molecule has 0 unspecified atom stereocenters. The van der Waals surface area contributed by atoms with Gasteiger partial charge >= 0.3 is 0 Å². The molecule has 0 aliphatic rings. The number of fused-ring (bicyclic) bond motifs is 12. The molecule has 4 aromatic heterocycles. The molecule has 0 saturated carbocycles. The molecule has 87 heavy (non-hydrogen) atoms. The molecule has 0 spiro atoms. The van der Waals surface area contributed by atoms with E-state index in [1.165, 1.54) is 16.3 Å². The number of rotatable bonds is 11. The van der Waals surface area contributed by atoms with Crippen molar-refractivity contribution in [1.82, 2.24) is 9.13 Å². The van der Waals surface area contributed by atoms with Crippen LogP contribution in [-0.4, -0.2) is 9.13 Å². The van der Waals surface area contributed by atoms with Crippen molar-refractivity contribution in [3.8, 4) is 22.5 Å². The van der Waals surface area contributed by atoms with Crippen LogP contribution in [0.4, 0.5) is 34.1 Å². The van der Waals surface area contributed by atoms with E-state index in [4.69, 9.17) is 8.83 Å². The maximum atomic E-state index is 7.14. The Morgan fingerprint density at radius 3 is 1.33 bits per heavy atom. The normalized spacial score (nSPS) is 12.0. The predicted octanol–water partition coefficient (Wildman–Crippen LogP) is 23.1. The number of hydrogen-bond donors (Lipinski definition) is 0. The molecule has 0 atom stereocenters. The summed E-state index contributed by atoms with van der Waals surface area (Å²) < 4.78 is 19.0. The van der Waals surface area contributed by atoms with Gasteiger partial charge in [-0.15, -0.1) is 0 Å². The van der Waals surface area contributed by atoms with E-state index in [9.17, 15) is 0 Å². The second-order valence-corrected chi connectivity index (χ2v) is 22.4. The lowest BCUT2D eigenvalue weighted by Gasteiger charge is -2.26. The standard InChI is InChI=1S/C81H54N4O2/c1-3-22-73-65(4-2)67-49-63(39-41-75(67)84(73)59-29-16-8-17-30-59)82(57-25-12-6-13-26-57)61-37-35-53-45-69-71-51-72-70-46-54-36-38-62(44-56(54)48-78(70)87-81(72)79(52-23-10-5-11-24-52)80(71)86-77(69)47-55(53)43-61)83(58-27-14-7-15-28-58)64-40-42-76-68(50-64)66-33-20-21-34-74(66)85(76)60-31-18-9-19-32-60/h3-51H,2H2,1H3/b22-3-. The van der Waals surface area contributed by atoms with Crippen LogP contribution in [0.1, 0.15) is 18.2 Å². The fraction of sp³-hybridized carbons (Fsp3) is 0.0123. The van der Waals surface area contributed by atoms with E-state index >= 15 is 0 Å². The van der Waals surface area contributed by atoms with Gasteiger partial charge in [-0.3, -0.25) is 0 Å². The predicted molar refractivity (Wildman–Crippen MR) is 367 cm³/mol. The van der Waals surface area contributed by atoms with Crippen LogP contribution in [0, 0.1) is 0 Å². The topological polar surface area (TPSA) is 42.6 Å². The third-order valence-electron chi connectivity index (χ3n) is 17.4. The Labute approximate surface area is 501 Å². The lowest BCUT2D eigenvalue weighted by molar-refractivity contribution is 0.658. The minimum absolute atomic E-state index is 0.796. The van der Waals surface area contributed by atoms with E-state index in [0.717, 1.165) is 150 Å². The molecule has 0 bridgehead atoms. The summed E-state index contributed by atoms with van der Waals surface area (Å²) in [4.78, 5) is 4.70. The highest BCUT2D eigenvalue weighted by Gasteiger charge is 2.25. The Morgan fingerprint density at radius 2 is 0.793 bits per heavy atom. The molecule has 0 aliphatic heterocycles. The molecular formula is C81H54N4O2. The van der Waals surface area contributed by atoms with Gasteiger partial charge < -0.3 is 27.8 Å². The summed E-state index contributed by atoms with van der Waals surface area (Å²) in [6.45, 7) is 6.38. The number of para-hydroxylation sites is 5. The van der Waals surface area contributed by atoms with Crippen LogP contribution in [0.3, 0.4) is 0 Å². The maximum absolute atomic E-state index is 7.14. The second-order valence-electron chi connectivity index (χ2n) is 22.4. The Bertz CT molecular complexity index is 5600. The van der Waals surface area contributed by atoms with Crippen LogP contribution in [0.15, 0.2) is 301 Å². The highest BCUT2D eigenvalue weighted by molar-refractivity contribution is 6.24. The zero-order valence-corrected chi connectivity index (χ0v) is 47.6. The van der Waals surface area contributed by atoms with Gasteiger partial charge in [0.1, 0.15) is 22.3 Å². The molecule has 410 valence electrons. The molecule has 4 heterocycles. The average Bonchev–Trinajstić information content (AvgIpc) is 1.64. The van der Waals surface area contributed by atoms with E-state index < -0.39 is 0 Å². The molecule has 0 fully saturated rings. The zero-order chi connectivity index (χ0) is 57.7. The second kappa shape index (κ2) is 20.0. The van der Waals surface area contributed by atoms with Gasteiger partial charge in [-0.2, -0.15) is 0 Å².